The quantitative estimate of drug-likeness (QED) is 0.205. The zero-order chi connectivity index (χ0) is 29.2. The van der Waals surface area contributed by atoms with Crippen LogP contribution >= 0.6 is 34.8 Å². The summed E-state index contributed by atoms with van der Waals surface area (Å²) in [5.74, 6) is -0.557. The van der Waals surface area contributed by atoms with Gasteiger partial charge in [-0.2, -0.15) is 26.3 Å². The molecule has 39 heavy (non-hydrogen) atoms. The first-order chi connectivity index (χ1) is 18.1. The summed E-state index contributed by atoms with van der Waals surface area (Å²) >= 11 is 18.0. The van der Waals surface area contributed by atoms with Gasteiger partial charge in [0.2, 0.25) is 0 Å². The summed E-state index contributed by atoms with van der Waals surface area (Å²) in [6, 6.07) is 8.77. The second-order valence-electron chi connectivity index (χ2n) is 8.38. The predicted octanol–water partition coefficient (Wildman–Crippen LogP) is 8.26. The molecule has 3 rings (SSSR count). The molecule has 0 aliphatic heterocycles. The van der Waals surface area contributed by atoms with Crippen molar-refractivity contribution in [1.82, 2.24) is 9.88 Å². The van der Waals surface area contributed by atoms with E-state index in [2.05, 4.69) is 10.3 Å². The van der Waals surface area contributed by atoms with E-state index in [1.165, 1.54) is 17.2 Å². The number of halogens is 10. The molecule has 0 aliphatic rings. The number of carbonyl (C=O) groups is 1. The maximum absolute atomic E-state index is 14.4. The van der Waals surface area contributed by atoms with E-state index in [4.69, 9.17) is 34.8 Å². The van der Waals surface area contributed by atoms with Crippen molar-refractivity contribution >= 4 is 46.4 Å². The minimum absolute atomic E-state index is 0.0183. The molecule has 1 amide bonds. The Morgan fingerprint density at radius 1 is 0.872 bits per heavy atom. The zero-order valence-electron chi connectivity index (χ0n) is 19.9. The summed E-state index contributed by atoms with van der Waals surface area (Å²) in [5.41, 5.74) is -5.87. The van der Waals surface area contributed by atoms with Gasteiger partial charge in [0, 0.05) is 25.7 Å². The van der Waals surface area contributed by atoms with Gasteiger partial charge < -0.3 is 10.2 Å². The van der Waals surface area contributed by atoms with E-state index >= 15 is 0 Å². The number of hydrogen-bond donors (Lipinski definition) is 1. The van der Waals surface area contributed by atoms with Gasteiger partial charge in [-0.15, -0.1) is 0 Å². The molecular formula is C25H19Cl3F7N3O. The third kappa shape index (κ3) is 6.70. The summed E-state index contributed by atoms with van der Waals surface area (Å²) in [5, 5.41) is 3.43. The fourth-order valence-electron chi connectivity index (χ4n) is 3.74. The number of nitrogens with zero attached hydrogens (tertiary/aromatic N) is 2. The minimum Gasteiger partial charge on any atom is -0.386 e. The highest BCUT2D eigenvalue weighted by Gasteiger charge is 2.73. The summed E-state index contributed by atoms with van der Waals surface area (Å²) in [6.45, 7) is -0.180. The van der Waals surface area contributed by atoms with Gasteiger partial charge >= 0.3 is 18.0 Å². The number of pyridine rings is 1. The summed E-state index contributed by atoms with van der Waals surface area (Å²) in [4.78, 5) is 18.7. The molecule has 0 saturated carbocycles. The molecule has 0 saturated heterocycles. The van der Waals surface area contributed by atoms with Gasteiger partial charge in [-0.3, -0.25) is 4.79 Å². The summed E-state index contributed by atoms with van der Waals surface area (Å²) in [7, 11) is 1.55. The molecule has 0 atom stereocenters. The average molecular weight is 617 g/mol. The van der Waals surface area contributed by atoms with Gasteiger partial charge in [0.1, 0.15) is 5.15 Å². The molecule has 0 spiro atoms. The molecule has 210 valence electrons. The van der Waals surface area contributed by atoms with Gasteiger partial charge in [-0.05, 0) is 35.7 Å². The highest BCUT2D eigenvalue weighted by Crippen LogP contribution is 2.53. The van der Waals surface area contributed by atoms with Crippen LogP contribution in [0.15, 0.2) is 54.7 Å². The molecule has 14 heteroatoms. The number of hydrogen-bond acceptors (Lipinski definition) is 3. The lowest BCUT2D eigenvalue weighted by Gasteiger charge is -2.30. The first-order valence-corrected chi connectivity index (χ1v) is 12.2. The van der Waals surface area contributed by atoms with Gasteiger partial charge in [0.05, 0.1) is 27.5 Å². The van der Waals surface area contributed by atoms with E-state index in [0.29, 0.717) is 28.4 Å². The Labute approximate surface area is 233 Å². The Balaban J connectivity index is 1.95. The van der Waals surface area contributed by atoms with Crippen LogP contribution in [0.2, 0.25) is 15.2 Å². The van der Waals surface area contributed by atoms with E-state index in [1.54, 1.807) is 25.2 Å². The largest absolute Gasteiger partial charge is 0.435 e. The lowest BCUT2D eigenvalue weighted by Crippen LogP contribution is -2.50. The third-order valence-corrected chi connectivity index (χ3v) is 6.76. The van der Waals surface area contributed by atoms with Crippen LogP contribution < -0.4 is 5.32 Å². The molecule has 0 unspecified atom stereocenters. The summed E-state index contributed by atoms with van der Waals surface area (Å²) < 4.78 is 93.1. The van der Waals surface area contributed by atoms with Crippen LogP contribution in [0.5, 0.6) is 0 Å². The number of alkyl halides is 7. The van der Waals surface area contributed by atoms with Crippen LogP contribution in [0.25, 0.3) is 0 Å². The Morgan fingerprint density at radius 2 is 1.46 bits per heavy atom. The van der Waals surface area contributed by atoms with E-state index in [-0.39, 0.29) is 40.8 Å². The first kappa shape index (κ1) is 30.8. The molecule has 4 nitrogen and oxygen atoms in total. The highest BCUT2D eigenvalue weighted by molar-refractivity contribution is 6.42. The second kappa shape index (κ2) is 11.8. The van der Waals surface area contributed by atoms with Crippen molar-refractivity contribution < 1.29 is 35.5 Å². The van der Waals surface area contributed by atoms with Gasteiger partial charge in [-0.25, -0.2) is 9.37 Å². The lowest BCUT2D eigenvalue weighted by molar-refractivity contribution is -0.348. The highest BCUT2D eigenvalue weighted by atomic mass is 35.5. The first-order valence-electron chi connectivity index (χ1n) is 11.1. The average Bonchev–Trinajstić information content (AvgIpc) is 2.86. The number of aromatic nitrogens is 1. The molecule has 0 aliphatic carbocycles. The number of carbonyl (C=O) groups excluding carboxylic acids is 1. The molecule has 1 heterocycles. The number of rotatable bonds is 8. The van der Waals surface area contributed by atoms with E-state index < -0.39 is 29.5 Å². The Hall–Kier alpha value is -2.76. The van der Waals surface area contributed by atoms with Crippen molar-refractivity contribution in [2.45, 2.75) is 31.0 Å². The van der Waals surface area contributed by atoms with Crippen LogP contribution in [0, 0.1) is 0 Å². The zero-order valence-corrected chi connectivity index (χ0v) is 22.2. The van der Waals surface area contributed by atoms with Crippen LogP contribution in [0.3, 0.4) is 0 Å². The van der Waals surface area contributed by atoms with Crippen LogP contribution in [0.1, 0.15) is 27.0 Å². The predicted molar refractivity (Wildman–Crippen MR) is 135 cm³/mol. The third-order valence-electron chi connectivity index (χ3n) is 5.82. The van der Waals surface area contributed by atoms with Crippen molar-refractivity contribution in [1.29, 1.82) is 0 Å². The van der Waals surface area contributed by atoms with Crippen LogP contribution in [-0.4, -0.2) is 41.7 Å². The fraction of sp³-hybridized carbons (Fsp3) is 0.280. The van der Waals surface area contributed by atoms with Gasteiger partial charge in [-0.1, -0.05) is 65.1 Å². The van der Waals surface area contributed by atoms with Gasteiger partial charge in [0.25, 0.3) is 5.91 Å². The van der Waals surface area contributed by atoms with Crippen molar-refractivity contribution in [3.63, 3.8) is 0 Å². The Bertz CT molecular complexity index is 1320. The SMILES string of the molecule is CNc1cnc(Cl)cc1C(=O)N(CCc1ccc(Cl)c(Cl)c1)Cc1ccc(C(F)(C(F)(F)F)C(F)(F)F)cc1. The second-order valence-corrected chi connectivity index (χ2v) is 9.58. The van der Waals surface area contributed by atoms with Crippen molar-refractivity contribution in [2.75, 3.05) is 18.9 Å². The topological polar surface area (TPSA) is 45.2 Å². The number of amides is 1. The fourth-order valence-corrected chi connectivity index (χ4v) is 4.21. The maximum Gasteiger partial charge on any atom is 0.435 e. The smallest absolute Gasteiger partial charge is 0.386 e. The lowest BCUT2D eigenvalue weighted by atomic mass is 9.93. The molecule has 0 radical (unpaired) electrons. The van der Waals surface area contributed by atoms with E-state index in [0.717, 1.165) is 12.1 Å². The van der Waals surface area contributed by atoms with Crippen molar-refractivity contribution in [2.24, 2.45) is 0 Å². The molecule has 0 bridgehead atoms. The van der Waals surface area contributed by atoms with Crippen molar-refractivity contribution in [3.05, 3.63) is 92.2 Å². The van der Waals surface area contributed by atoms with Crippen LogP contribution in [-0.2, 0) is 18.6 Å². The minimum atomic E-state index is -6.24. The Kier molecular flexibility index (Phi) is 9.29. The van der Waals surface area contributed by atoms with E-state index in [1.807, 2.05) is 0 Å². The molecule has 1 aromatic heterocycles. The standard InChI is InChI=1S/C25H19Cl3F7N3O/c1-36-20-12-37-21(28)11-17(20)22(39)38(9-8-14-4-7-18(26)19(27)10-14)13-15-2-5-16(6-3-15)23(29,24(30,31)32)25(33,34)35/h2-7,10-12,36H,8-9,13H2,1H3. The summed E-state index contributed by atoms with van der Waals surface area (Å²) in [6.07, 6.45) is -10.9. The van der Waals surface area contributed by atoms with E-state index in [9.17, 15) is 35.5 Å². The molecular weight excluding hydrogens is 598 g/mol. The Morgan fingerprint density at radius 3 is 2.00 bits per heavy atom. The number of benzene rings is 2. The molecule has 2 aromatic carbocycles. The number of nitrogens with one attached hydrogen (secondary N) is 1. The maximum atomic E-state index is 14.4. The van der Waals surface area contributed by atoms with Crippen LogP contribution in [0.4, 0.5) is 36.4 Å². The van der Waals surface area contributed by atoms with Crippen molar-refractivity contribution in [3.8, 4) is 0 Å². The monoisotopic (exact) mass is 615 g/mol. The number of anilines is 1. The normalized spacial score (nSPS) is 12.4. The molecule has 1 N–H and O–H groups in total. The molecule has 3 aromatic rings. The van der Waals surface area contributed by atoms with Gasteiger partial charge in [0.15, 0.2) is 0 Å². The molecule has 0 fully saturated rings.